The standard InChI is InChI=1S/5C24H14N4.5CH4/c1-2-5-16-14(4-1)12-15-7-8-19-23(21(15)16)27-24-18-6-3-10-26-22(18)17-9-11-25-13-20(17)28(19)24;1-2-5-16-14(4-1)12-15-7-8-20-23(21(15)16)27-24-17-6-3-10-26-22(17)18-13-25-11-9-19(18)28(20)24;1-2-5-16-14(4-1)12-15-7-8-20-23(21(15)16)27-24-22-17(6-3-10-26-22)18-13-25-11-9-19(18)28(20)24;1-2-4-16-14(3-1)11-15-5-6-21-23(22(15)16)27-24-17-7-9-25-12-18(17)19-13-26-10-8-20(19)28(21)24;1-2-4-16-14(3-1)11-15-5-6-21-23(22(15)16)27-24-19-13-25-9-7-17(19)18-12-26-10-8-20(18)28(21)24;;;;;/h3*1-11,13H,12H2;2*1-10,12-13H,11H2;5*1H4. The van der Waals surface area contributed by atoms with Crippen molar-refractivity contribution in [1.82, 2.24) is 96.8 Å². The summed E-state index contributed by atoms with van der Waals surface area (Å²) in [4.78, 5) is 70.3. The molecule has 5 aliphatic carbocycles. The van der Waals surface area contributed by atoms with Gasteiger partial charge in [0.05, 0.1) is 100.0 Å². The molecule has 20 aromatic heterocycles. The summed E-state index contributed by atoms with van der Waals surface area (Å²) in [5, 5.41) is 13.0. The average molecular weight is 1870 g/mol. The molecule has 0 N–H and O–H groups in total. The summed E-state index contributed by atoms with van der Waals surface area (Å²) in [6.45, 7) is 0. The summed E-state index contributed by atoms with van der Waals surface area (Å²) in [5.41, 5.74) is 50.5. The Balaban J connectivity index is 0.0000000915. The number of aromatic nitrogens is 20. The smallest absolute Gasteiger partial charge is 0.165 e. The number of rotatable bonds is 0. The molecule has 0 aliphatic heterocycles. The molecule has 10 aromatic carbocycles. The fraction of sp³-hybridized carbons (Fsp3) is 0.0800. The van der Waals surface area contributed by atoms with Crippen LogP contribution in [0.15, 0.2) is 366 Å². The van der Waals surface area contributed by atoms with E-state index in [1.165, 1.54) is 111 Å². The van der Waals surface area contributed by atoms with Gasteiger partial charge in [0.25, 0.3) is 0 Å². The molecule has 35 rings (SSSR count). The molecule has 0 radical (unpaired) electrons. The zero-order valence-corrected chi connectivity index (χ0v) is 74.6. The van der Waals surface area contributed by atoms with E-state index in [0.29, 0.717) is 0 Å². The van der Waals surface area contributed by atoms with Gasteiger partial charge in [-0.3, -0.25) is 71.8 Å². The lowest BCUT2D eigenvalue weighted by Crippen LogP contribution is -1.93. The largest absolute Gasteiger partial charge is 0.292 e. The average Bonchev–Trinajstić information content (AvgIpc) is 1.57. The van der Waals surface area contributed by atoms with Crippen molar-refractivity contribution in [2.45, 2.75) is 69.2 Å². The van der Waals surface area contributed by atoms with Crippen LogP contribution in [0.25, 0.3) is 248 Å². The van der Waals surface area contributed by atoms with Crippen LogP contribution in [0.2, 0.25) is 0 Å². The van der Waals surface area contributed by atoms with Crippen molar-refractivity contribution in [2.24, 2.45) is 0 Å². The van der Waals surface area contributed by atoms with Gasteiger partial charge in [0.15, 0.2) is 5.65 Å². The van der Waals surface area contributed by atoms with Gasteiger partial charge in [0.2, 0.25) is 0 Å². The van der Waals surface area contributed by atoms with Crippen molar-refractivity contribution in [3.05, 3.63) is 422 Å². The van der Waals surface area contributed by atoms with Crippen LogP contribution in [0.3, 0.4) is 0 Å². The zero-order chi connectivity index (χ0) is 91.2. The number of pyridine rings is 15. The maximum Gasteiger partial charge on any atom is 0.165 e. The fourth-order valence-electron chi connectivity index (χ4n) is 23.8. The van der Waals surface area contributed by atoms with Crippen LogP contribution in [0, 0.1) is 0 Å². The molecule has 0 amide bonds. The molecule has 145 heavy (non-hydrogen) atoms. The minimum absolute atomic E-state index is 0. The highest BCUT2D eigenvalue weighted by atomic mass is 15.1. The second-order valence-corrected chi connectivity index (χ2v) is 36.9. The molecule has 0 saturated heterocycles. The van der Waals surface area contributed by atoms with Gasteiger partial charge < -0.3 is 0 Å². The lowest BCUT2D eigenvalue weighted by molar-refractivity contribution is 1.25. The van der Waals surface area contributed by atoms with Crippen LogP contribution in [-0.2, 0) is 32.1 Å². The Morgan fingerprint density at radius 1 is 0.152 bits per heavy atom. The number of hydrogen-bond acceptors (Lipinski definition) is 15. The molecule has 20 heterocycles. The number of fused-ring (bicyclic) bond motifs is 60. The molecule has 0 unspecified atom stereocenters. The number of nitrogens with zero attached hydrogens (tertiary/aromatic N) is 20. The molecule has 20 heteroatoms. The van der Waals surface area contributed by atoms with Crippen LogP contribution in [0.4, 0.5) is 0 Å². The Kier molecular flexibility index (Phi) is 19.7. The fourth-order valence-corrected chi connectivity index (χ4v) is 23.8. The second-order valence-electron chi connectivity index (χ2n) is 36.9. The van der Waals surface area contributed by atoms with Crippen molar-refractivity contribution < 1.29 is 0 Å². The molecule has 0 spiro atoms. The van der Waals surface area contributed by atoms with E-state index >= 15 is 0 Å². The van der Waals surface area contributed by atoms with Crippen molar-refractivity contribution in [3.63, 3.8) is 0 Å². The van der Waals surface area contributed by atoms with Crippen LogP contribution >= 0.6 is 0 Å². The van der Waals surface area contributed by atoms with Crippen LogP contribution < -0.4 is 0 Å². The first-order valence-electron chi connectivity index (χ1n) is 47.1. The van der Waals surface area contributed by atoms with Gasteiger partial charge in [-0.15, -0.1) is 0 Å². The molecule has 5 aliphatic rings. The molecule has 30 aromatic rings. The third kappa shape index (κ3) is 12.4. The molecule has 0 atom stereocenters. The molecular weight excluding hydrogens is 1780 g/mol. The van der Waals surface area contributed by atoms with Crippen molar-refractivity contribution >= 4 is 192 Å². The van der Waals surface area contributed by atoms with E-state index in [1.807, 2.05) is 130 Å². The number of imidazole rings is 5. The van der Waals surface area contributed by atoms with E-state index in [1.54, 1.807) is 0 Å². The van der Waals surface area contributed by atoms with Gasteiger partial charge in [-0.2, -0.15) is 0 Å². The zero-order valence-electron chi connectivity index (χ0n) is 74.6. The van der Waals surface area contributed by atoms with Crippen LogP contribution in [-0.4, -0.2) is 96.8 Å². The summed E-state index contributed by atoms with van der Waals surface area (Å²) in [6, 6.07) is 92.3. The summed E-state index contributed by atoms with van der Waals surface area (Å²) in [7, 11) is 0. The SMILES string of the molecule is C.C.C.C.C.c1ccc2c(c1)Cc1ccc3c(nc4c5cccnc5c5ccncc5n34)c1-2.c1ccc2c(c1)Cc1ccc3c(nc4c5cccnc5c5cnccc5n34)c1-2.c1ccc2c(c1)Cc1ccc3c(nc4c5ccncc5c5cnccc5n34)c1-2.c1ccc2c(c1)Cc1ccc3c(nc4c5cnccc5c5cnccc5n34)c1-2.c1ccc2c(c1)Cc1ccc3c(nc4c5ncccc5c5cnccc5n34)c1-2. The monoisotopic (exact) mass is 1870 g/mol. The maximum absolute atomic E-state index is 5.18. The van der Waals surface area contributed by atoms with Gasteiger partial charge in [-0.1, -0.05) is 195 Å². The van der Waals surface area contributed by atoms with E-state index < -0.39 is 0 Å². The van der Waals surface area contributed by atoms with Gasteiger partial charge >= 0.3 is 0 Å². The molecule has 690 valence electrons. The first-order chi connectivity index (χ1) is 69.5. The van der Waals surface area contributed by atoms with Crippen molar-refractivity contribution in [3.8, 4) is 55.6 Å². The third-order valence-electron chi connectivity index (χ3n) is 29.7. The third-order valence-corrected chi connectivity index (χ3v) is 29.7. The van der Waals surface area contributed by atoms with E-state index in [0.717, 1.165) is 224 Å². The Hall–Kier alpha value is -19.0. The molecular formula is C125H90N20. The lowest BCUT2D eigenvalue weighted by atomic mass is 10.0. The highest BCUT2D eigenvalue weighted by molar-refractivity contribution is 6.20. The number of hydrogen-bond donors (Lipinski definition) is 0. The van der Waals surface area contributed by atoms with E-state index in [-0.39, 0.29) is 37.1 Å². The first-order valence-corrected chi connectivity index (χ1v) is 47.1. The predicted octanol–water partition coefficient (Wildman–Crippen LogP) is 29.0. The minimum Gasteiger partial charge on any atom is -0.292 e. The second kappa shape index (κ2) is 33.1. The lowest BCUT2D eigenvalue weighted by Gasteiger charge is -2.08. The van der Waals surface area contributed by atoms with Gasteiger partial charge in [-0.05, 0) is 224 Å². The maximum atomic E-state index is 5.18. The molecule has 0 saturated carbocycles. The summed E-state index contributed by atoms with van der Waals surface area (Å²) in [6.07, 6.45) is 36.7. The van der Waals surface area contributed by atoms with Crippen LogP contribution in [0.5, 0.6) is 0 Å². The van der Waals surface area contributed by atoms with Crippen molar-refractivity contribution in [1.29, 1.82) is 0 Å². The predicted molar refractivity (Wildman–Crippen MR) is 591 cm³/mol. The Bertz CT molecular complexity index is 9380. The number of benzene rings is 10. The van der Waals surface area contributed by atoms with Gasteiger partial charge in [0.1, 0.15) is 28.1 Å². The van der Waals surface area contributed by atoms with E-state index in [2.05, 4.69) is 308 Å². The quantitative estimate of drug-likeness (QED) is 0.129. The molecule has 0 fully saturated rings. The van der Waals surface area contributed by atoms with Gasteiger partial charge in [-0.25, -0.2) is 24.9 Å². The Labute approximate surface area is 830 Å². The Morgan fingerprint density at radius 3 is 0.821 bits per heavy atom. The Morgan fingerprint density at radius 2 is 0.421 bits per heavy atom. The highest BCUT2D eigenvalue weighted by Crippen LogP contribution is 2.50. The topological polar surface area (TPSA) is 215 Å². The minimum atomic E-state index is 0. The summed E-state index contributed by atoms with van der Waals surface area (Å²) < 4.78 is 11.3. The molecule has 0 bridgehead atoms. The molecule has 20 nitrogen and oxygen atoms in total. The summed E-state index contributed by atoms with van der Waals surface area (Å²) in [5.74, 6) is 0. The van der Waals surface area contributed by atoms with Crippen LogP contribution in [0.1, 0.15) is 92.8 Å². The first kappa shape index (κ1) is 86.4. The van der Waals surface area contributed by atoms with E-state index in [4.69, 9.17) is 24.9 Å². The van der Waals surface area contributed by atoms with Crippen molar-refractivity contribution in [2.75, 3.05) is 0 Å². The normalized spacial score (nSPS) is 12.4. The van der Waals surface area contributed by atoms with E-state index in [9.17, 15) is 0 Å². The van der Waals surface area contributed by atoms with Gasteiger partial charge in [0, 0.05) is 186 Å². The highest BCUT2D eigenvalue weighted by Gasteiger charge is 2.32. The summed E-state index contributed by atoms with van der Waals surface area (Å²) >= 11 is 0.